The Bertz CT molecular complexity index is 636. The van der Waals surface area contributed by atoms with Crippen LogP contribution < -0.4 is 0 Å². The zero-order valence-electron chi connectivity index (χ0n) is 10.2. The van der Waals surface area contributed by atoms with Gasteiger partial charge in [0.05, 0.1) is 5.39 Å². The number of carbonyl (C=O) groups is 1. The maximum Gasteiger partial charge on any atom is 0.372 e. The molecule has 0 radical (unpaired) electrons. The minimum Gasteiger partial charge on any atom is -0.475 e. The summed E-state index contributed by atoms with van der Waals surface area (Å²) in [7, 11) is 0. The average Bonchev–Trinajstić information content (AvgIpc) is 2.55. The predicted octanol–water partition coefficient (Wildman–Crippen LogP) is 3.71. The first kappa shape index (κ1) is 12.5. The summed E-state index contributed by atoms with van der Waals surface area (Å²) in [6, 6.07) is 1.71. The molecule has 3 nitrogen and oxygen atoms in total. The molecule has 0 unspecified atom stereocenters. The molecule has 18 heavy (non-hydrogen) atoms. The van der Waals surface area contributed by atoms with E-state index in [1.165, 1.54) is 0 Å². The fourth-order valence-electron chi connectivity index (χ4n) is 2.01. The Morgan fingerprint density at radius 1 is 1.28 bits per heavy atom. The molecule has 0 aliphatic carbocycles. The molecule has 2 rings (SSSR count). The van der Waals surface area contributed by atoms with Crippen molar-refractivity contribution in [2.75, 3.05) is 0 Å². The number of fused-ring (bicyclic) bond motifs is 1. The molecule has 0 fully saturated rings. The van der Waals surface area contributed by atoms with Gasteiger partial charge in [0.15, 0.2) is 0 Å². The van der Waals surface area contributed by atoms with Gasteiger partial charge in [0.2, 0.25) is 5.76 Å². The number of aromatic carboxylic acids is 1. The summed E-state index contributed by atoms with van der Waals surface area (Å²) >= 11 is 0. The first-order valence-electron chi connectivity index (χ1n) is 5.37. The van der Waals surface area contributed by atoms with Crippen LogP contribution in [-0.4, -0.2) is 11.1 Å². The van der Waals surface area contributed by atoms with E-state index in [-0.39, 0.29) is 22.3 Å². The number of rotatable bonds is 1. The van der Waals surface area contributed by atoms with Crippen molar-refractivity contribution in [1.29, 1.82) is 0 Å². The molecule has 0 aliphatic heterocycles. The molecule has 1 aromatic carbocycles. The number of carboxylic acids is 1. The van der Waals surface area contributed by atoms with E-state index in [1.807, 2.05) is 0 Å². The monoisotopic (exact) mass is 254 g/mol. The fraction of sp³-hybridized carbons (Fsp3) is 0.308. The Kier molecular flexibility index (Phi) is 2.65. The van der Waals surface area contributed by atoms with Crippen LogP contribution in [0.5, 0.6) is 0 Å². The van der Waals surface area contributed by atoms with Crippen molar-refractivity contribution in [2.45, 2.75) is 26.2 Å². The molecule has 0 spiro atoms. The summed E-state index contributed by atoms with van der Waals surface area (Å²) in [5.41, 5.74) is -0.477. The molecular formula is C13H12F2O3. The van der Waals surface area contributed by atoms with Crippen LogP contribution in [0, 0.1) is 11.6 Å². The lowest BCUT2D eigenvalue weighted by atomic mass is 9.84. The highest BCUT2D eigenvalue weighted by Crippen LogP contribution is 2.37. The van der Waals surface area contributed by atoms with Crippen molar-refractivity contribution >= 4 is 16.9 Å². The molecule has 5 heteroatoms. The van der Waals surface area contributed by atoms with E-state index in [1.54, 1.807) is 20.8 Å². The second-order valence-corrected chi connectivity index (χ2v) is 5.12. The Morgan fingerprint density at radius 2 is 1.89 bits per heavy atom. The van der Waals surface area contributed by atoms with E-state index in [2.05, 4.69) is 0 Å². The lowest BCUT2D eigenvalue weighted by molar-refractivity contribution is 0.0661. The lowest BCUT2D eigenvalue weighted by Gasteiger charge is -2.18. The average molecular weight is 254 g/mol. The maximum absolute atomic E-state index is 13.8. The van der Waals surface area contributed by atoms with Gasteiger partial charge in [0, 0.05) is 17.7 Å². The van der Waals surface area contributed by atoms with Crippen LogP contribution in [0.15, 0.2) is 16.5 Å². The molecule has 0 atom stereocenters. The molecule has 0 bridgehead atoms. The van der Waals surface area contributed by atoms with Crippen LogP contribution in [0.2, 0.25) is 0 Å². The zero-order valence-corrected chi connectivity index (χ0v) is 10.2. The number of hydrogen-bond acceptors (Lipinski definition) is 2. The number of furan rings is 1. The lowest BCUT2D eigenvalue weighted by Crippen LogP contribution is -2.15. The van der Waals surface area contributed by atoms with Crippen molar-refractivity contribution in [3.8, 4) is 0 Å². The number of benzene rings is 1. The van der Waals surface area contributed by atoms with Gasteiger partial charge in [-0.3, -0.25) is 0 Å². The summed E-state index contributed by atoms with van der Waals surface area (Å²) in [5, 5.41) is 9.11. The van der Waals surface area contributed by atoms with Gasteiger partial charge in [-0.25, -0.2) is 13.6 Å². The van der Waals surface area contributed by atoms with Gasteiger partial charge in [-0.15, -0.1) is 0 Å². The van der Waals surface area contributed by atoms with E-state index in [9.17, 15) is 13.6 Å². The van der Waals surface area contributed by atoms with Crippen LogP contribution in [0.4, 0.5) is 8.78 Å². The van der Waals surface area contributed by atoms with Gasteiger partial charge in [-0.1, -0.05) is 20.8 Å². The first-order chi connectivity index (χ1) is 8.21. The van der Waals surface area contributed by atoms with Crippen LogP contribution >= 0.6 is 0 Å². The van der Waals surface area contributed by atoms with Crippen molar-refractivity contribution in [1.82, 2.24) is 0 Å². The van der Waals surface area contributed by atoms with Crippen LogP contribution in [0.3, 0.4) is 0 Å². The highest BCUT2D eigenvalue weighted by atomic mass is 19.1. The summed E-state index contributed by atoms with van der Waals surface area (Å²) in [5.74, 6) is -3.25. The van der Waals surface area contributed by atoms with E-state index >= 15 is 0 Å². The molecule has 0 saturated carbocycles. The van der Waals surface area contributed by atoms with Crippen LogP contribution in [0.1, 0.15) is 36.9 Å². The standard InChI is InChI=1S/C13H12F2O3/c1-13(2,3)10-9-7(15)4-6(14)5-8(9)18-11(10)12(16)17/h4-5H,1-3H3,(H,16,17). The van der Waals surface area contributed by atoms with Gasteiger partial charge >= 0.3 is 5.97 Å². The molecule has 1 aromatic heterocycles. The molecule has 1 heterocycles. The number of halogens is 2. The summed E-state index contributed by atoms with van der Waals surface area (Å²) < 4.78 is 32.0. The van der Waals surface area contributed by atoms with Gasteiger partial charge in [0.1, 0.15) is 17.2 Å². The van der Waals surface area contributed by atoms with E-state index in [0.29, 0.717) is 0 Å². The second kappa shape index (κ2) is 3.80. The third-order valence-electron chi connectivity index (χ3n) is 2.65. The number of carboxylic acid groups (broad SMARTS) is 1. The molecule has 1 N–H and O–H groups in total. The summed E-state index contributed by atoms with van der Waals surface area (Å²) in [4.78, 5) is 11.1. The largest absolute Gasteiger partial charge is 0.475 e. The van der Waals surface area contributed by atoms with Gasteiger partial charge in [-0.05, 0) is 5.41 Å². The second-order valence-electron chi connectivity index (χ2n) is 5.12. The minimum atomic E-state index is -1.30. The maximum atomic E-state index is 13.8. The van der Waals surface area contributed by atoms with Gasteiger partial charge in [0.25, 0.3) is 0 Å². The molecule has 96 valence electrons. The normalized spacial score (nSPS) is 12.1. The highest BCUT2D eigenvalue weighted by molar-refractivity contribution is 5.96. The van der Waals surface area contributed by atoms with E-state index in [4.69, 9.17) is 9.52 Å². The minimum absolute atomic E-state index is 0.0290. The smallest absolute Gasteiger partial charge is 0.372 e. The SMILES string of the molecule is CC(C)(C)c1c(C(=O)O)oc2cc(F)cc(F)c12. The fourth-order valence-corrected chi connectivity index (χ4v) is 2.01. The summed E-state index contributed by atoms with van der Waals surface area (Å²) in [6.45, 7) is 5.23. The predicted molar refractivity (Wildman–Crippen MR) is 61.8 cm³/mol. The molecule has 0 saturated heterocycles. The van der Waals surface area contributed by atoms with Crippen LogP contribution in [0.25, 0.3) is 11.0 Å². The highest BCUT2D eigenvalue weighted by Gasteiger charge is 2.30. The van der Waals surface area contributed by atoms with E-state index < -0.39 is 23.0 Å². The van der Waals surface area contributed by atoms with Crippen molar-refractivity contribution < 1.29 is 23.1 Å². The first-order valence-corrected chi connectivity index (χ1v) is 5.37. The van der Waals surface area contributed by atoms with Crippen molar-refractivity contribution in [2.24, 2.45) is 0 Å². The zero-order chi connectivity index (χ0) is 13.7. The Morgan fingerprint density at radius 3 is 2.39 bits per heavy atom. The van der Waals surface area contributed by atoms with E-state index in [0.717, 1.165) is 12.1 Å². The van der Waals surface area contributed by atoms with Gasteiger partial charge in [-0.2, -0.15) is 0 Å². The Labute approximate surface area is 102 Å². The molecule has 2 aromatic rings. The molecule has 0 aliphatic rings. The number of hydrogen-bond donors (Lipinski definition) is 1. The Balaban J connectivity index is 2.95. The van der Waals surface area contributed by atoms with Crippen molar-refractivity contribution in [3.63, 3.8) is 0 Å². The molecular weight excluding hydrogens is 242 g/mol. The third-order valence-corrected chi connectivity index (χ3v) is 2.65. The summed E-state index contributed by atoms with van der Waals surface area (Å²) in [6.07, 6.45) is 0. The van der Waals surface area contributed by atoms with Gasteiger partial charge < -0.3 is 9.52 Å². The Hall–Kier alpha value is -1.91. The molecule has 0 amide bonds. The van der Waals surface area contributed by atoms with Crippen LogP contribution in [-0.2, 0) is 5.41 Å². The topological polar surface area (TPSA) is 50.4 Å². The van der Waals surface area contributed by atoms with Crippen molar-refractivity contribution in [3.05, 3.63) is 35.1 Å². The third kappa shape index (κ3) is 1.85. The quantitative estimate of drug-likeness (QED) is 0.844.